The Balaban J connectivity index is 1.99. The van der Waals surface area contributed by atoms with Gasteiger partial charge in [-0.05, 0) is 44.5 Å². The van der Waals surface area contributed by atoms with Gasteiger partial charge in [0.1, 0.15) is 0 Å². The monoisotopic (exact) mass is 261 g/mol. The van der Waals surface area contributed by atoms with Crippen LogP contribution in [-0.2, 0) is 0 Å². The zero-order chi connectivity index (χ0) is 13.5. The van der Waals surface area contributed by atoms with E-state index in [1.54, 1.807) is 0 Å². The van der Waals surface area contributed by atoms with Crippen LogP contribution in [0, 0.1) is 0 Å². The summed E-state index contributed by atoms with van der Waals surface area (Å²) in [5, 5.41) is 6.33. The third-order valence-corrected chi connectivity index (χ3v) is 3.50. The normalized spacial score (nSPS) is 16.1. The lowest BCUT2D eigenvalue weighted by Gasteiger charge is -2.34. The van der Waals surface area contributed by atoms with Gasteiger partial charge in [0, 0.05) is 18.3 Å². The molecule has 4 heteroatoms. The van der Waals surface area contributed by atoms with Gasteiger partial charge < -0.3 is 15.5 Å². The van der Waals surface area contributed by atoms with Crippen LogP contribution in [0.25, 0.3) is 0 Å². The maximum atomic E-state index is 12.4. The third-order valence-electron chi connectivity index (χ3n) is 3.50. The Kier molecular flexibility index (Phi) is 5.21. The summed E-state index contributed by atoms with van der Waals surface area (Å²) in [5.74, 6) is 0. The fraction of sp³-hybridized carbons (Fsp3) is 0.533. The lowest BCUT2D eigenvalue weighted by atomic mass is 10.0. The van der Waals surface area contributed by atoms with E-state index < -0.39 is 0 Å². The van der Waals surface area contributed by atoms with Crippen molar-refractivity contribution in [3.05, 3.63) is 30.3 Å². The predicted molar refractivity (Wildman–Crippen MR) is 78.3 cm³/mol. The average Bonchev–Trinajstić information content (AvgIpc) is 2.46. The maximum absolute atomic E-state index is 12.4. The van der Waals surface area contributed by atoms with E-state index in [0.29, 0.717) is 6.04 Å². The molecule has 0 saturated carbocycles. The van der Waals surface area contributed by atoms with E-state index >= 15 is 0 Å². The van der Waals surface area contributed by atoms with Crippen LogP contribution < -0.4 is 10.6 Å². The van der Waals surface area contributed by atoms with Crippen molar-refractivity contribution in [1.29, 1.82) is 0 Å². The highest BCUT2D eigenvalue weighted by atomic mass is 16.2. The van der Waals surface area contributed by atoms with Crippen molar-refractivity contribution in [1.82, 2.24) is 10.2 Å². The molecule has 1 fully saturated rings. The first kappa shape index (κ1) is 13.9. The number of nitrogens with one attached hydrogen (secondary N) is 2. The molecule has 0 unspecified atom stereocenters. The summed E-state index contributed by atoms with van der Waals surface area (Å²) in [6, 6.07) is 10.1. The van der Waals surface area contributed by atoms with Crippen molar-refractivity contribution in [2.45, 2.75) is 32.2 Å². The highest BCUT2D eigenvalue weighted by molar-refractivity contribution is 5.89. The molecule has 1 saturated heterocycles. The smallest absolute Gasteiger partial charge is 0.321 e. The molecule has 0 radical (unpaired) electrons. The summed E-state index contributed by atoms with van der Waals surface area (Å²) in [7, 11) is 0. The molecule has 0 aliphatic carbocycles. The van der Waals surface area contributed by atoms with Crippen molar-refractivity contribution in [2.24, 2.45) is 0 Å². The number of piperidine rings is 1. The van der Waals surface area contributed by atoms with Gasteiger partial charge in [0.2, 0.25) is 0 Å². The zero-order valence-corrected chi connectivity index (χ0v) is 11.6. The van der Waals surface area contributed by atoms with Gasteiger partial charge in [0.15, 0.2) is 0 Å². The molecule has 0 atom stereocenters. The van der Waals surface area contributed by atoms with Crippen LogP contribution in [-0.4, -0.2) is 36.6 Å². The van der Waals surface area contributed by atoms with Crippen LogP contribution >= 0.6 is 0 Å². The van der Waals surface area contributed by atoms with Crippen LogP contribution in [0.5, 0.6) is 0 Å². The number of hydrogen-bond donors (Lipinski definition) is 2. The molecule has 2 N–H and O–H groups in total. The number of para-hydroxylation sites is 1. The lowest BCUT2D eigenvalue weighted by Crippen LogP contribution is -2.48. The molecule has 0 aromatic heterocycles. The van der Waals surface area contributed by atoms with Crippen LogP contribution in [0.3, 0.4) is 0 Å². The Bertz CT molecular complexity index is 388. The summed E-state index contributed by atoms with van der Waals surface area (Å²) in [6.07, 6.45) is 3.08. The zero-order valence-electron chi connectivity index (χ0n) is 11.6. The number of rotatable bonds is 4. The molecule has 1 aliphatic heterocycles. The van der Waals surface area contributed by atoms with Crippen LogP contribution in [0.15, 0.2) is 30.3 Å². The topological polar surface area (TPSA) is 44.4 Å². The SMILES string of the molecule is CCCN(C(=O)Nc1ccccc1)C1CCNCC1. The molecule has 104 valence electrons. The molecule has 4 nitrogen and oxygen atoms in total. The number of nitrogens with zero attached hydrogens (tertiary/aromatic N) is 1. The highest BCUT2D eigenvalue weighted by Crippen LogP contribution is 2.15. The molecule has 1 aromatic rings. The first-order chi connectivity index (χ1) is 9.31. The highest BCUT2D eigenvalue weighted by Gasteiger charge is 2.24. The molecule has 2 rings (SSSR count). The minimum absolute atomic E-state index is 0.0277. The molecule has 0 bridgehead atoms. The van der Waals surface area contributed by atoms with Gasteiger partial charge in [-0.1, -0.05) is 25.1 Å². The van der Waals surface area contributed by atoms with Crippen LogP contribution in [0.1, 0.15) is 26.2 Å². The van der Waals surface area contributed by atoms with E-state index in [1.165, 1.54) is 0 Å². The number of urea groups is 1. The molecule has 1 aromatic carbocycles. The van der Waals surface area contributed by atoms with Crippen molar-refractivity contribution < 1.29 is 4.79 Å². The number of anilines is 1. The first-order valence-corrected chi connectivity index (χ1v) is 7.14. The van der Waals surface area contributed by atoms with Gasteiger partial charge in [-0.2, -0.15) is 0 Å². The van der Waals surface area contributed by atoms with Crippen molar-refractivity contribution in [2.75, 3.05) is 25.0 Å². The van der Waals surface area contributed by atoms with Gasteiger partial charge in [-0.3, -0.25) is 0 Å². The van der Waals surface area contributed by atoms with Gasteiger partial charge in [0.25, 0.3) is 0 Å². The van der Waals surface area contributed by atoms with Crippen molar-refractivity contribution in [3.63, 3.8) is 0 Å². The number of amides is 2. The van der Waals surface area contributed by atoms with E-state index in [0.717, 1.165) is 44.6 Å². The standard InChI is InChI=1S/C15H23N3O/c1-2-12-18(14-8-10-16-11-9-14)15(19)17-13-6-4-3-5-7-13/h3-7,14,16H,2,8-12H2,1H3,(H,17,19). The largest absolute Gasteiger partial charge is 0.322 e. The molecule has 0 spiro atoms. The third kappa shape index (κ3) is 3.96. The Hall–Kier alpha value is -1.55. The number of benzene rings is 1. The summed E-state index contributed by atoms with van der Waals surface area (Å²) >= 11 is 0. The van der Waals surface area contributed by atoms with Crippen LogP contribution in [0.2, 0.25) is 0 Å². The number of carbonyl (C=O) groups excluding carboxylic acids is 1. The van der Waals surface area contributed by atoms with Crippen molar-refractivity contribution in [3.8, 4) is 0 Å². The second kappa shape index (κ2) is 7.14. The fourth-order valence-electron chi connectivity index (χ4n) is 2.53. The van der Waals surface area contributed by atoms with Gasteiger partial charge in [-0.15, -0.1) is 0 Å². The Morgan fingerprint density at radius 2 is 2.00 bits per heavy atom. The van der Waals surface area contributed by atoms with Crippen LogP contribution in [0.4, 0.5) is 10.5 Å². The Morgan fingerprint density at radius 1 is 1.32 bits per heavy atom. The Morgan fingerprint density at radius 3 is 2.63 bits per heavy atom. The average molecular weight is 261 g/mol. The summed E-state index contributed by atoms with van der Waals surface area (Å²) < 4.78 is 0. The second-order valence-corrected chi connectivity index (χ2v) is 4.97. The minimum atomic E-state index is 0.0277. The van der Waals surface area contributed by atoms with E-state index in [4.69, 9.17) is 0 Å². The second-order valence-electron chi connectivity index (χ2n) is 4.97. The van der Waals surface area contributed by atoms with E-state index in [9.17, 15) is 4.79 Å². The van der Waals surface area contributed by atoms with Gasteiger partial charge in [-0.25, -0.2) is 4.79 Å². The van der Waals surface area contributed by atoms with E-state index in [1.807, 2.05) is 35.2 Å². The summed E-state index contributed by atoms with van der Waals surface area (Å²) in [6.45, 7) is 4.94. The van der Waals surface area contributed by atoms with E-state index in [-0.39, 0.29) is 6.03 Å². The summed E-state index contributed by atoms with van der Waals surface area (Å²) in [4.78, 5) is 14.4. The molecular weight excluding hydrogens is 238 g/mol. The molecule has 1 heterocycles. The number of hydrogen-bond acceptors (Lipinski definition) is 2. The number of carbonyl (C=O) groups is 1. The van der Waals surface area contributed by atoms with Crippen molar-refractivity contribution >= 4 is 11.7 Å². The first-order valence-electron chi connectivity index (χ1n) is 7.14. The summed E-state index contributed by atoms with van der Waals surface area (Å²) in [5.41, 5.74) is 0.863. The minimum Gasteiger partial charge on any atom is -0.321 e. The fourth-order valence-corrected chi connectivity index (χ4v) is 2.53. The van der Waals surface area contributed by atoms with Gasteiger partial charge in [0.05, 0.1) is 0 Å². The predicted octanol–water partition coefficient (Wildman–Crippen LogP) is 2.68. The Labute approximate surface area is 115 Å². The van der Waals surface area contributed by atoms with E-state index in [2.05, 4.69) is 17.6 Å². The maximum Gasteiger partial charge on any atom is 0.322 e. The molecule has 2 amide bonds. The molecular formula is C15H23N3O. The lowest BCUT2D eigenvalue weighted by molar-refractivity contribution is 0.171. The molecule has 1 aliphatic rings. The van der Waals surface area contributed by atoms with Gasteiger partial charge >= 0.3 is 6.03 Å². The quantitative estimate of drug-likeness (QED) is 0.875. The molecule has 19 heavy (non-hydrogen) atoms.